The lowest BCUT2D eigenvalue weighted by Gasteiger charge is -2.25. The molecule has 1 aliphatic rings. The molecule has 0 bridgehead atoms. The van der Waals surface area contributed by atoms with E-state index in [9.17, 15) is 0 Å². The van der Waals surface area contributed by atoms with Crippen LogP contribution in [-0.2, 0) is 0 Å². The molecule has 0 aliphatic carbocycles. The van der Waals surface area contributed by atoms with Crippen molar-refractivity contribution in [3.05, 3.63) is 12.2 Å². The van der Waals surface area contributed by atoms with Crippen molar-refractivity contribution in [3.63, 3.8) is 0 Å². The van der Waals surface area contributed by atoms with E-state index in [1.807, 2.05) is 0 Å². The van der Waals surface area contributed by atoms with Gasteiger partial charge >= 0.3 is 0 Å². The zero-order chi connectivity index (χ0) is 9.68. The Morgan fingerprint density at radius 3 is 2.92 bits per heavy atom. The van der Waals surface area contributed by atoms with Crippen molar-refractivity contribution in [1.29, 1.82) is 0 Å². The van der Waals surface area contributed by atoms with Gasteiger partial charge in [0.1, 0.15) is 0 Å². The molecule has 0 aromatic rings. The summed E-state index contributed by atoms with van der Waals surface area (Å²) in [6, 6.07) is 1.35. The van der Waals surface area contributed by atoms with Crippen LogP contribution in [0.3, 0.4) is 0 Å². The van der Waals surface area contributed by atoms with Crippen molar-refractivity contribution in [3.8, 4) is 0 Å². The van der Waals surface area contributed by atoms with Crippen LogP contribution in [0, 0.1) is 0 Å². The number of rotatable bonds is 4. The molecular weight excluding hydrogens is 160 g/mol. The van der Waals surface area contributed by atoms with E-state index in [1.165, 1.54) is 19.4 Å². The van der Waals surface area contributed by atoms with Gasteiger partial charge in [0.25, 0.3) is 0 Å². The van der Waals surface area contributed by atoms with E-state index in [2.05, 4.69) is 30.9 Å². The molecule has 0 spiro atoms. The first-order chi connectivity index (χ1) is 6.25. The Balaban J connectivity index is 2.39. The minimum atomic E-state index is 0.673. The molecule has 2 nitrogen and oxygen atoms in total. The maximum atomic E-state index is 5.44. The average Bonchev–Trinajstić information content (AvgIpc) is 2.53. The van der Waals surface area contributed by atoms with Crippen molar-refractivity contribution < 1.29 is 0 Å². The first-order valence-electron chi connectivity index (χ1n) is 5.38. The van der Waals surface area contributed by atoms with Crippen LogP contribution in [0.2, 0.25) is 0 Å². The van der Waals surface area contributed by atoms with Crippen LogP contribution in [0.5, 0.6) is 0 Å². The molecule has 1 atom stereocenters. The molecular formula is C11H22N2. The topological polar surface area (TPSA) is 29.3 Å². The van der Waals surface area contributed by atoms with Crippen LogP contribution in [-0.4, -0.2) is 30.1 Å². The van der Waals surface area contributed by atoms with Crippen molar-refractivity contribution in [2.24, 2.45) is 5.73 Å². The predicted molar refractivity (Wildman–Crippen MR) is 57.7 cm³/mol. The molecule has 1 unspecified atom stereocenters. The van der Waals surface area contributed by atoms with Gasteiger partial charge in [-0.3, -0.25) is 4.90 Å². The summed E-state index contributed by atoms with van der Waals surface area (Å²) in [4.78, 5) is 2.56. The monoisotopic (exact) mass is 182 g/mol. The lowest BCUT2D eigenvalue weighted by Crippen LogP contribution is -2.34. The average molecular weight is 182 g/mol. The van der Waals surface area contributed by atoms with Gasteiger partial charge in [-0.25, -0.2) is 0 Å². The molecule has 13 heavy (non-hydrogen) atoms. The Bertz CT molecular complexity index is 163. The van der Waals surface area contributed by atoms with E-state index in [-0.39, 0.29) is 0 Å². The molecule has 1 rings (SSSR count). The molecule has 0 aromatic carbocycles. The van der Waals surface area contributed by atoms with Gasteiger partial charge in [0.05, 0.1) is 0 Å². The number of nitrogens with zero attached hydrogens (tertiary/aromatic N) is 1. The fourth-order valence-corrected chi connectivity index (χ4v) is 2.01. The normalized spacial score (nSPS) is 25.1. The quantitative estimate of drug-likeness (QED) is 0.671. The molecule has 1 saturated heterocycles. The van der Waals surface area contributed by atoms with Gasteiger partial charge in [-0.2, -0.15) is 0 Å². The maximum absolute atomic E-state index is 5.44. The molecule has 0 saturated carbocycles. The second kappa shape index (κ2) is 5.40. The number of hydrogen-bond donors (Lipinski definition) is 1. The first kappa shape index (κ1) is 10.7. The van der Waals surface area contributed by atoms with Crippen LogP contribution in [0.25, 0.3) is 0 Å². The van der Waals surface area contributed by atoms with Gasteiger partial charge in [0.2, 0.25) is 0 Å². The predicted octanol–water partition coefficient (Wildman–Crippen LogP) is 1.76. The SMILES string of the molecule is CC(C)N1CCCC1/C=C\CCN. The summed E-state index contributed by atoms with van der Waals surface area (Å²) in [6.07, 6.45) is 8.24. The summed E-state index contributed by atoms with van der Waals surface area (Å²) in [6.45, 7) is 6.57. The fraction of sp³-hybridized carbons (Fsp3) is 0.818. The highest BCUT2D eigenvalue weighted by molar-refractivity contribution is 4.98. The molecule has 1 aliphatic heterocycles. The van der Waals surface area contributed by atoms with Gasteiger partial charge in [0.15, 0.2) is 0 Å². The second-order valence-electron chi connectivity index (χ2n) is 4.05. The molecule has 76 valence electrons. The third-order valence-electron chi connectivity index (χ3n) is 2.70. The largest absolute Gasteiger partial charge is 0.330 e. The highest BCUT2D eigenvalue weighted by Gasteiger charge is 2.23. The number of nitrogens with two attached hydrogens (primary N) is 1. The smallest absolute Gasteiger partial charge is 0.0281 e. The molecule has 0 radical (unpaired) electrons. The number of likely N-dealkylation sites (tertiary alicyclic amines) is 1. The zero-order valence-corrected chi connectivity index (χ0v) is 8.87. The van der Waals surface area contributed by atoms with E-state index < -0.39 is 0 Å². The van der Waals surface area contributed by atoms with Gasteiger partial charge in [-0.1, -0.05) is 12.2 Å². The molecule has 2 N–H and O–H groups in total. The first-order valence-corrected chi connectivity index (χ1v) is 5.38. The van der Waals surface area contributed by atoms with Crippen LogP contribution in [0.15, 0.2) is 12.2 Å². The molecule has 1 heterocycles. The Hall–Kier alpha value is -0.340. The van der Waals surface area contributed by atoms with Crippen LogP contribution >= 0.6 is 0 Å². The Morgan fingerprint density at radius 2 is 2.31 bits per heavy atom. The Labute approximate surface area is 81.8 Å². The highest BCUT2D eigenvalue weighted by atomic mass is 15.2. The maximum Gasteiger partial charge on any atom is 0.0281 e. The summed E-state index contributed by atoms with van der Waals surface area (Å²) in [5.41, 5.74) is 5.44. The van der Waals surface area contributed by atoms with E-state index in [0.717, 1.165) is 13.0 Å². The Kier molecular flexibility index (Phi) is 4.46. The molecule has 2 heteroatoms. The van der Waals surface area contributed by atoms with Crippen molar-refractivity contribution in [1.82, 2.24) is 4.90 Å². The van der Waals surface area contributed by atoms with Crippen LogP contribution in [0.1, 0.15) is 33.1 Å². The summed E-state index contributed by atoms with van der Waals surface area (Å²) in [5, 5.41) is 0. The second-order valence-corrected chi connectivity index (χ2v) is 4.05. The summed E-state index contributed by atoms with van der Waals surface area (Å²) in [7, 11) is 0. The Morgan fingerprint density at radius 1 is 1.54 bits per heavy atom. The zero-order valence-electron chi connectivity index (χ0n) is 8.87. The number of hydrogen-bond acceptors (Lipinski definition) is 2. The fourth-order valence-electron chi connectivity index (χ4n) is 2.01. The van der Waals surface area contributed by atoms with E-state index in [1.54, 1.807) is 0 Å². The third-order valence-corrected chi connectivity index (χ3v) is 2.70. The summed E-state index contributed by atoms with van der Waals surface area (Å²) in [5.74, 6) is 0. The van der Waals surface area contributed by atoms with Gasteiger partial charge in [-0.05, 0) is 46.2 Å². The van der Waals surface area contributed by atoms with Gasteiger partial charge in [0, 0.05) is 12.1 Å². The van der Waals surface area contributed by atoms with Crippen molar-refractivity contribution >= 4 is 0 Å². The third kappa shape index (κ3) is 3.12. The molecule has 0 amide bonds. The lowest BCUT2D eigenvalue weighted by atomic mass is 10.1. The van der Waals surface area contributed by atoms with Gasteiger partial charge < -0.3 is 5.73 Å². The van der Waals surface area contributed by atoms with E-state index >= 15 is 0 Å². The standard InChI is InChI=1S/C11H22N2/c1-10(2)13-9-5-7-11(13)6-3-4-8-12/h3,6,10-11H,4-5,7-9,12H2,1-2H3/b6-3-. The van der Waals surface area contributed by atoms with Crippen molar-refractivity contribution in [2.45, 2.75) is 45.2 Å². The minimum Gasteiger partial charge on any atom is -0.330 e. The summed E-state index contributed by atoms with van der Waals surface area (Å²) < 4.78 is 0. The van der Waals surface area contributed by atoms with E-state index in [4.69, 9.17) is 5.73 Å². The van der Waals surface area contributed by atoms with Crippen LogP contribution < -0.4 is 5.73 Å². The molecule has 1 fully saturated rings. The van der Waals surface area contributed by atoms with Gasteiger partial charge in [-0.15, -0.1) is 0 Å². The lowest BCUT2D eigenvalue weighted by molar-refractivity contribution is 0.234. The highest BCUT2D eigenvalue weighted by Crippen LogP contribution is 2.20. The van der Waals surface area contributed by atoms with Crippen molar-refractivity contribution in [2.75, 3.05) is 13.1 Å². The van der Waals surface area contributed by atoms with E-state index in [0.29, 0.717) is 12.1 Å². The molecule has 0 aromatic heterocycles. The van der Waals surface area contributed by atoms with Crippen LogP contribution in [0.4, 0.5) is 0 Å². The summed E-state index contributed by atoms with van der Waals surface area (Å²) >= 11 is 0. The minimum absolute atomic E-state index is 0.673.